The van der Waals surface area contributed by atoms with E-state index in [1.807, 2.05) is 34.6 Å². The van der Waals surface area contributed by atoms with Gasteiger partial charge in [-0.15, -0.1) is 0 Å². The second kappa shape index (κ2) is 11.2. The molecule has 1 fully saturated rings. The lowest BCUT2D eigenvalue weighted by Gasteiger charge is -2.23. The van der Waals surface area contributed by atoms with E-state index in [2.05, 4.69) is 20.5 Å². The Morgan fingerprint density at radius 1 is 1.00 bits per heavy atom. The Morgan fingerprint density at radius 3 is 2.67 bits per heavy atom. The molecule has 2 aromatic carbocycles. The Kier molecular flexibility index (Phi) is 7.21. The first kappa shape index (κ1) is 25.7. The molecule has 4 heterocycles. The van der Waals surface area contributed by atoms with E-state index < -0.39 is 0 Å². The summed E-state index contributed by atoms with van der Waals surface area (Å²) in [6, 6.07) is 12.2. The summed E-state index contributed by atoms with van der Waals surface area (Å²) in [5.41, 5.74) is 3.26. The number of benzene rings is 2. The lowest BCUT2D eigenvalue weighted by atomic mass is 10.2. The van der Waals surface area contributed by atoms with Crippen molar-refractivity contribution in [2.75, 3.05) is 49.7 Å². The molecule has 4 aromatic rings. The lowest BCUT2D eigenvalue weighted by Crippen LogP contribution is -2.42. The number of aromatic nitrogens is 4. The number of nitrogens with zero attached hydrogens (tertiary/aromatic N) is 6. The van der Waals surface area contributed by atoms with Gasteiger partial charge in [0.1, 0.15) is 5.82 Å². The molecule has 2 amide bonds. The number of hydrogen-bond donors (Lipinski definition) is 2. The number of ether oxygens (including phenoxy) is 2. The molecule has 0 spiro atoms. The molecule has 0 radical (unpaired) electrons. The zero-order valence-electron chi connectivity index (χ0n) is 22.3. The van der Waals surface area contributed by atoms with Crippen molar-refractivity contribution in [3.8, 4) is 11.5 Å². The van der Waals surface area contributed by atoms with Crippen LogP contribution in [-0.4, -0.2) is 70.0 Å². The maximum Gasteiger partial charge on any atom is 0.317 e. The first-order valence-corrected chi connectivity index (χ1v) is 13.4. The van der Waals surface area contributed by atoms with Crippen LogP contribution in [0.1, 0.15) is 24.5 Å². The molecule has 11 nitrogen and oxygen atoms in total. The second-order valence-corrected chi connectivity index (χ2v) is 9.75. The molecule has 2 N–H and O–H groups in total. The number of urea groups is 1. The molecule has 2 aromatic heterocycles. The Bertz CT molecular complexity index is 1510. The first-order chi connectivity index (χ1) is 19.6. The van der Waals surface area contributed by atoms with Gasteiger partial charge in [0.15, 0.2) is 28.5 Å². The summed E-state index contributed by atoms with van der Waals surface area (Å²) in [5.74, 6) is 2.36. The fourth-order valence-electron chi connectivity index (χ4n) is 4.92. The number of anilines is 2. The molecule has 0 bridgehead atoms. The second-order valence-electron chi connectivity index (χ2n) is 9.75. The van der Waals surface area contributed by atoms with Crippen molar-refractivity contribution in [1.29, 1.82) is 0 Å². The third-order valence-electron chi connectivity index (χ3n) is 7.01. The van der Waals surface area contributed by atoms with Crippen LogP contribution in [-0.2, 0) is 13.1 Å². The van der Waals surface area contributed by atoms with Gasteiger partial charge in [0, 0.05) is 39.3 Å². The summed E-state index contributed by atoms with van der Waals surface area (Å²) >= 11 is 0. The summed E-state index contributed by atoms with van der Waals surface area (Å²) < 4.78 is 26.4. The molecule has 0 saturated carbocycles. The van der Waals surface area contributed by atoms with Gasteiger partial charge in [-0.05, 0) is 48.7 Å². The Hall–Kier alpha value is -4.61. The van der Waals surface area contributed by atoms with Crippen LogP contribution in [0.2, 0.25) is 0 Å². The maximum atomic E-state index is 13.5. The largest absolute Gasteiger partial charge is 0.454 e. The van der Waals surface area contributed by atoms with Crippen molar-refractivity contribution in [1.82, 2.24) is 29.7 Å². The van der Waals surface area contributed by atoms with E-state index in [1.165, 1.54) is 12.1 Å². The standard InChI is InChI=1S/C28H31FN8O3/c1-2-30-28(38)36-11-3-10-35(12-13-36)27-33-25(31-15-20-6-9-22-23(14-20)40-18-39-22)24-26(34-27)37(17-32-24)16-19-4-7-21(29)8-5-19/h4-9,14,17H,2-3,10-13,15-16,18H2,1H3,(H,30,38)(H,31,33,34). The smallest absolute Gasteiger partial charge is 0.317 e. The van der Waals surface area contributed by atoms with Gasteiger partial charge in [0.25, 0.3) is 0 Å². The Morgan fingerprint density at radius 2 is 1.82 bits per heavy atom. The highest BCUT2D eigenvalue weighted by atomic mass is 19.1. The van der Waals surface area contributed by atoms with Gasteiger partial charge in [-0.25, -0.2) is 14.2 Å². The van der Waals surface area contributed by atoms with Gasteiger partial charge in [-0.2, -0.15) is 9.97 Å². The number of halogens is 1. The zero-order valence-corrected chi connectivity index (χ0v) is 22.3. The molecule has 1 saturated heterocycles. The van der Waals surface area contributed by atoms with Crippen LogP contribution in [0.3, 0.4) is 0 Å². The van der Waals surface area contributed by atoms with Crippen LogP contribution in [0.15, 0.2) is 48.8 Å². The number of rotatable bonds is 7. The third-order valence-corrected chi connectivity index (χ3v) is 7.01. The van der Waals surface area contributed by atoms with E-state index in [4.69, 9.17) is 19.4 Å². The van der Waals surface area contributed by atoms with Crippen LogP contribution in [0, 0.1) is 5.82 Å². The number of nitrogens with one attached hydrogen (secondary N) is 2. The van der Waals surface area contributed by atoms with Crippen molar-refractivity contribution in [2.24, 2.45) is 0 Å². The van der Waals surface area contributed by atoms with Crippen LogP contribution < -0.4 is 25.0 Å². The molecule has 2 aliphatic heterocycles. The normalized spacial score (nSPS) is 14.8. The highest BCUT2D eigenvalue weighted by Gasteiger charge is 2.23. The number of amides is 2. The van der Waals surface area contributed by atoms with Crippen molar-refractivity contribution in [3.05, 3.63) is 65.7 Å². The molecule has 40 heavy (non-hydrogen) atoms. The highest BCUT2D eigenvalue weighted by Crippen LogP contribution is 2.33. The molecular formula is C28H31FN8O3. The van der Waals surface area contributed by atoms with Gasteiger partial charge in [-0.3, -0.25) is 0 Å². The zero-order chi connectivity index (χ0) is 27.5. The highest BCUT2D eigenvalue weighted by molar-refractivity contribution is 5.84. The van der Waals surface area contributed by atoms with E-state index in [0.717, 1.165) is 35.6 Å². The van der Waals surface area contributed by atoms with Crippen LogP contribution in [0.5, 0.6) is 11.5 Å². The molecule has 0 aliphatic carbocycles. The monoisotopic (exact) mass is 546 g/mol. The minimum atomic E-state index is -0.276. The number of carbonyl (C=O) groups is 1. The van der Waals surface area contributed by atoms with Crippen molar-refractivity contribution < 1.29 is 18.7 Å². The summed E-state index contributed by atoms with van der Waals surface area (Å²) in [5, 5.41) is 6.33. The van der Waals surface area contributed by atoms with Gasteiger partial charge in [0.2, 0.25) is 12.7 Å². The number of imidazole rings is 1. The molecule has 0 atom stereocenters. The fraction of sp³-hybridized carbons (Fsp3) is 0.357. The predicted molar refractivity (Wildman–Crippen MR) is 148 cm³/mol. The quantitative estimate of drug-likeness (QED) is 0.362. The van der Waals surface area contributed by atoms with E-state index in [1.54, 1.807) is 18.5 Å². The van der Waals surface area contributed by atoms with Crippen molar-refractivity contribution in [3.63, 3.8) is 0 Å². The first-order valence-electron chi connectivity index (χ1n) is 13.4. The molecular weight excluding hydrogens is 515 g/mol. The molecule has 12 heteroatoms. The average Bonchev–Trinajstić information content (AvgIpc) is 3.52. The SMILES string of the molecule is CCNC(=O)N1CCCN(c2nc(NCc3ccc4c(c3)OCO4)c3ncn(Cc4ccc(F)cc4)c3n2)CC1. The van der Waals surface area contributed by atoms with Crippen LogP contribution >= 0.6 is 0 Å². The summed E-state index contributed by atoms with van der Waals surface area (Å²) in [6.45, 7) is 6.28. The Balaban J connectivity index is 1.30. The van der Waals surface area contributed by atoms with E-state index in [-0.39, 0.29) is 18.6 Å². The minimum absolute atomic E-state index is 0.0517. The Labute approximate surface area is 230 Å². The van der Waals surface area contributed by atoms with E-state index in [9.17, 15) is 9.18 Å². The maximum absolute atomic E-state index is 13.5. The average molecular weight is 547 g/mol. The van der Waals surface area contributed by atoms with Crippen molar-refractivity contribution >= 4 is 29.0 Å². The fourth-order valence-corrected chi connectivity index (χ4v) is 4.92. The molecule has 0 unspecified atom stereocenters. The van der Waals surface area contributed by atoms with Gasteiger partial charge in [0.05, 0.1) is 12.9 Å². The molecule has 2 aliphatic rings. The summed E-state index contributed by atoms with van der Waals surface area (Å²) in [4.78, 5) is 30.8. The minimum Gasteiger partial charge on any atom is -0.454 e. The van der Waals surface area contributed by atoms with Gasteiger partial charge < -0.3 is 34.5 Å². The van der Waals surface area contributed by atoms with E-state index in [0.29, 0.717) is 62.2 Å². The molecule has 208 valence electrons. The van der Waals surface area contributed by atoms with Gasteiger partial charge >= 0.3 is 6.03 Å². The predicted octanol–water partition coefficient (Wildman–Crippen LogP) is 3.60. The van der Waals surface area contributed by atoms with Crippen LogP contribution in [0.4, 0.5) is 21.0 Å². The lowest BCUT2D eigenvalue weighted by molar-refractivity contribution is 0.174. The van der Waals surface area contributed by atoms with Crippen LogP contribution in [0.25, 0.3) is 11.2 Å². The third kappa shape index (κ3) is 5.42. The summed E-state index contributed by atoms with van der Waals surface area (Å²) in [6.07, 6.45) is 2.53. The van der Waals surface area contributed by atoms with Gasteiger partial charge in [-0.1, -0.05) is 18.2 Å². The molecule has 6 rings (SSSR count). The topological polar surface area (TPSA) is 110 Å². The van der Waals surface area contributed by atoms with Crippen molar-refractivity contribution in [2.45, 2.75) is 26.4 Å². The number of carbonyl (C=O) groups excluding carboxylic acids is 1. The number of fused-ring (bicyclic) bond motifs is 2. The summed E-state index contributed by atoms with van der Waals surface area (Å²) in [7, 11) is 0. The van der Waals surface area contributed by atoms with E-state index >= 15 is 0 Å². The number of hydrogen-bond acceptors (Lipinski definition) is 8.